The third-order valence-corrected chi connectivity index (χ3v) is 3.37. The molecule has 1 amide bonds. The fraction of sp³-hybridized carbons (Fsp3) is 0.333. The Balaban J connectivity index is 1.84. The number of furan rings is 1. The van der Waals surface area contributed by atoms with Gasteiger partial charge in [-0.3, -0.25) is 9.78 Å². The molecule has 2 aromatic heterocycles. The maximum Gasteiger partial charge on any atom is 0.257 e. The second-order valence-corrected chi connectivity index (χ2v) is 5.03. The average Bonchev–Trinajstić information content (AvgIpc) is 3.19. The van der Waals surface area contributed by atoms with E-state index in [-0.39, 0.29) is 17.5 Å². The minimum absolute atomic E-state index is 0.0650. The molecule has 20 heavy (non-hydrogen) atoms. The summed E-state index contributed by atoms with van der Waals surface area (Å²) in [5, 5.41) is 0. The normalized spacial score (nSPS) is 14.3. The van der Waals surface area contributed by atoms with Gasteiger partial charge in [-0.2, -0.15) is 0 Å². The van der Waals surface area contributed by atoms with Gasteiger partial charge in [0.1, 0.15) is 11.5 Å². The standard InChI is InChI=1S/C15H15FN2O2/c1-10-2-5-12(20-10)9-18(11-3-4-11)15(19)13-6-7-17-8-14(13)16/h2,5-8,11H,3-4,9H2,1H3. The first-order valence-corrected chi connectivity index (χ1v) is 6.61. The van der Waals surface area contributed by atoms with E-state index in [0.29, 0.717) is 6.54 Å². The molecular formula is C15H15FN2O2. The highest BCUT2D eigenvalue weighted by atomic mass is 19.1. The number of carbonyl (C=O) groups excluding carboxylic acids is 1. The number of halogens is 1. The third-order valence-electron chi connectivity index (χ3n) is 3.37. The van der Waals surface area contributed by atoms with Crippen LogP contribution in [0.2, 0.25) is 0 Å². The Morgan fingerprint density at radius 2 is 2.25 bits per heavy atom. The van der Waals surface area contributed by atoms with E-state index in [1.165, 1.54) is 12.3 Å². The number of nitrogens with zero attached hydrogens (tertiary/aromatic N) is 2. The molecule has 2 heterocycles. The summed E-state index contributed by atoms with van der Waals surface area (Å²) in [6.45, 7) is 2.23. The van der Waals surface area contributed by atoms with Crippen molar-refractivity contribution in [3.63, 3.8) is 0 Å². The van der Waals surface area contributed by atoms with E-state index in [4.69, 9.17) is 4.42 Å². The summed E-state index contributed by atoms with van der Waals surface area (Å²) in [7, 11) is 0. The Labute approximate surface area is 116 Å². The molecule has 1 saturated carbocycles. The van der Waals surface area contributed by atoms with Gasteiger partial charge in [-0.15, -0.1) is 0 Å². The summed E-state index contributed by atoms with van der Waals surface area (Å²) in [5.74, 6) is 0.635. The monoisotopic (exact) mass is 274 g/mol. The van der Waals surface area contributed by atoms with Crippen LogP contribution in [0.5, 0.6) is 0 Å². The molecule has 3 rings (SSSR count). The number of hydrogen-bond donors (Lipinski definition) is 0. The lowest BCUT2D eigenvalue weighted by molar-refractivity contribution is 0.0712. The minimum Gasteiger partial charge on any atom is -0.464 e. The zero-order valence-electron chi connectivity index (χ0n) is 11.2. The fourth-order valence-corrected chi connectivity index (χ4v) is 2.19. The summed E-state index contributed by atoms with van der Waals surface area (Å²) < 4.78 is 19.2. The van der Waals surface area contributed by atoms with E-state index >= 15 is 0 Å². The Morgan fingerprint density at radius 1 is 1.45 bits per heavy atom. The minimum atomic E-state index is -0.584. The second-order valence-electron chi connectivity index (χ2n) is 5.03. The molecule has 0 radical (unpaired) electrons. The van der Waals surface area contributed by atoms with E-state index in [1.807, 2.05) is 19.1 Å². The van der Waals surface area contributed by atoms with Crippen molar-refractivity contribution in [1.82, 2.24) is 9.88 Å². The van der Waals surface area contributed by atoms with E-state index in [0.717, 1.165) is 30.6 Å². The summed E-state index contributed by atoms with van der Waals surface area (Å²) in [5.41, 5.74) is 0.0650. The predicted molar refractivity (Wildman–Crippen MR) is 70.5 cm³/mol. The van der Waals surface area contributed by atoms with Crippen molar-refractivity contribution >= 4 is 5.91 Å². The summed E-state index contributed by atoms with van der Waals surface area (Å²) in [4.78, 5) is 17.8. The first-order chi connectivity index (χ1) is 9.65. The molecule has 5 heteroatoms. The van der Waals surface area contributed by atoms with Crippen LogP contribution in [0.3, 0.4) is 0 Å². The molecule has 0 atom stereocenters. The molecule has 0 aromatic carbocycles. The fourth-order valence-electron chi connectivity index (χ4n) is 2.19. The highest BCUT2D eigenvalue weighted by Crippen LogP contribution is 2.30. The van der Waals surface area contributed by atoms with Crippen LogP contribution in [0.4, 0.5) is 4.39 Å². The summed E-state index contributed by atoms with van der Waals surface area (Å²) in [6.07, 6.45) is 4.41. The Hall–Kier alpha value is -2.17. The van der Waals surface area contributed by atoms with Crippen molar-refractivity contribution in [2.24, 2.45) is 0 Å². The van der Waals surface area contributed by atoms with Crippen molar-refractivity contribution in [3.8, 4) is 0 Å². The van der Waals surface area contributed by atoms with Gasteiger partial charge in [0, 0.05) is 12.2 Å². The SMILES string of the molecule is Cc1ccc(CN(C(=O)c2ccncc2F)C2CC2)o1. The molecule has 104 valence electrons. The molecule has 1 aliphatic rings. The largest absolute Gasteiger partial charge is 0.464 e. The molecule has 2 aromatic rings. The number of hydrogen-bond acceptors (Lipinski definition) is 3. The van der Waals surface area contributed by atoms with E-state index in [9.17, 15) is 9.18 Å². The number of amides is 1. The number of rotatable bonds is 4. The van der Waals surface area contributed by atoms with E-state index in [2.05, 4.69) is 4.98 Å². The van der Waals surface area contributed by atoms with Crippen molar-refractivity contribution in [2.45, 2.75) is 32.4 Å². The van der Waals surface area contributed by atoms with Gasteiger partial charge < -0.3 is 9.32 Å². The van der Waals surface area contributed by atoms with Gasteiger partial charge in [0.15, 0.2) is 5.82 Å². The third kappa shape index (κ3) is 2.57. The molecule has 0 aliphatic heterocycles. The quantitative estimate of drug-likeness (QED) is 0.861. The maximum absolute atomic E-state index is 13.7. The van der Waals surface area contributed by atoms with Crippen molar-refractivity contribution in [3.05, 3.63) is 53.5 Å². The molecule has 0 bridgehead atoms. The van der Waals surface area contributed by atoms with Crippen molar-refractivity contribution < 1.29 is 13.6 Å². The zero-order chi connectivity index (χ0) is 14.1. The first kappa shape index (κ1) is 12.8. The van der Waals surface area contributed by atoms with Gasteiger partial charge in [0.25, 0.3) is 5.91 Å². The van der Waals surface area contributed by atoms with Crippen LogP contribution in [0.25, 0.3) is 0 Å². The molecule has 0 N–H and O–H groups in total. The lowest BCUT2D eigenvalue weighted by Gasteiger charge is -2.21. The molecule has 1 aliphatic carbocycles. The van der Waals surface area contributed by atoms with Gasteiger partial charge in [0.2, 0.25) is 0 Å². The Bertz CT molecular complexity index is 634. The smallest absolute Gasteiger partial charge is 0.257 e. The Morgan fingerprint density at radius 3 is 2.85 bits per heavy atom. The summed E-state index contributed by atoms with van der Waals surface area (Å²) in [6, 6.07) is 5.31. The van der Waals surface area contributed by atoms with Gasteiger partial charge in [-0.25, -0.2) is 4.39 Å². The van der Waals surface area contributed by atoms with Crippen molar-refractivity contribution in [1.29, 1.82) is 0 Å². The van der Waals surface area contributed by atoms with Gasteiger partial charge in [-0.1, -0.05) is 0 Å². The molecule has 0 unspecified atom stereocenters. The highest BCUT2D eigenvalue weighted by molar-refractivity contribution is 5.94. The molecule has 0 saturated heterocycles. The lowest BCUT2D eigenvalue weighted by atomic mass is 10.2. The maximum atomic E-state index is 13.7. The van der Waals surface area contributed by atoms with Crippen LogP contribution >= 0.6 is 0 Å². The highest BCUT2D eigenvalue weighted by Gasteiger charge is 2.34. The number of aromatic nitrogens is 1. The molecule has 1 fully saturated rings. The van der Waals surface area contributed by atoms with Gasteiger partial charge >= 0.3 is 0 Å². The van der Waals surface area contributed by atoms with Crippen LogP contribution in [-0.2, 0) is 6.54 Å². The zero-order valence-corrected chi connectivity index (χ0v) is 11.2. The predicted octanol–water partition coefficient (Wildman–Crippen LogP) is 2.93. The van der Waals surface area contributed by atoms with Crippen LogP contribution < -0.4 is 0 Å². The van der Waals surface area contributed by atoms with Gasteiger partial charge in [-0.05, 0) is 38.0 Å². The molecular weight excluding hydrogens is 259 g/mol. The number of pyridine rings is 1. The average molecular weight is 274 g/mol. The van der Waals surface area contributed by atoms with Crippen LogP contribution in [-0.4, -0.2) is 21.8 Å². The lowest BCUT2D eigenvalue weighted by Crippen LogP contribution is -2.33. The molecule has 0 spiro atoms. The number of carbonyl (C=O) groups is 1. The van der Waals surface area contributed by atoms with Crippen LogP contribution in [0.15, 0.2) is 35.0 Å². The Kier molecular flexibility index (Phi) is 3.26. The first-order valence-electron chi connectivity index (χ1n) is 6.61. The second kappa shape index (κ2) is 5.07. The summed E-state index contributed by atoms with van der Waals surface area (Å²) >= 11 is 0. The van der Waals surface area contributed by atoms with Crippen molar-refractivity contribution in [2.75, 3.05) is 0 Å². The van der Waals surface area contributed by atoms with E-state index in [1.54, 1.807) is 4.90 Å². The number of aryl methyl sites for hydroxylation is 1. The van der Waals surface area contributed by atoms with E-state index < -0.39 is 5.82 Å². The van der Waals surface area contributed by atoms with Gasteiger partial charge in [0.05, 0.1) is 18.3 Å². The van der Waals surface area contributed by atoms with Crippen LogP contribution in [0.1, 0.15) is 34.7 Å². The van der Waals surface area contributed by atoms with Crippen LogP contribution in [0, 0.1) is 12.7 Å². The molecule has 4 nitrogen and oxygen atoms in total. The topological polar surface area (TPSA) is 46.3 Å².